The van der Waals surface area contributed by atoms with Crippen LogP contribution in [0, 0.1) is 6.92 Å². The van der Waals surface area contributed by atoms with E-state index in [-0.39, 0.29) is 4.90 Å². The molecule has 0 amide bonds. The van der Waals surface area contributed by atoms with Gasteiger partial charge in [0.1, 0.15) is 4.90 Å². The summed E-state index contributed by atoms with van der Waals surface area (Å²) in [5, 5.41) is 5.08. The normalized spacial score (nSPS) is 11.7. The maximum absolute atomic E-state index is 12.6. The molecule has 4 rings (SSSR count). The average Bonchev–Trinajstić information content (AvgIpc) is 3.21. The summed E-state index contributed by atoms with van der Waals surface area (Å²) in [4.78, 5) is 4.48. The molecule has 0 unspecified atom stereocenters. The van der Waals surface area contributed by atoms with E-state index in [2.05, 4.69) is 14.8 Å². The number of aromatic nitrogens is 3. The Morgan fingerprint density at radius 1 is 1.12 bits per heavy atom. The van der Waals surface area contributed by atoms with Crippen molar-refractivity contribution in [2.24, 2.45) is 0 Å². The quantitative estimate of drug-likeness (QED) is 0.595. The van der Waals surface area contributed by atoms with E-state index >= 15 is 0 Å². The van der Waals surface area contributed by atoms with Crippen LogP contribution in [0.3, 0.4) is 0 Å². The van der Waals surface area contributed by atoms with Crippen LogP contribution >= 0.6 is 11.3 Å². The molecule has 0 fully saturated rings. The Morgan fingerprint density at radius 2 is 1.92 bits per heavy atom. The second-order valence-electron chi connectivity index (χ2n) is 5.48. The van der Waals surface area contributed by atoms with Crippen molar-refractivity contribution in [3.8, 4) is 5.69 Å². The first-order chi connectivity index (χ1) is 12.0. The molecule has 0 aliphatic heterocycles. The van der Waals surface area contributed by atoms with Crippen molar-refractivity contribution in [1.82, 2.24) is 14.8 Å². The van der Waals surface area contributed by atoms with E-state index < -0.39 is 10.0 Å². The molecule has 0 radical (unpaired) electrons. The Hall–Kier alpha value is -2.71. The van der Waals surface area contributed by atoms with E-state index in [1.165, 1.54) is 28.4 Å². The Kier molecular flexibility index (Phi) is 3.78. The van der Waals surface area contributed by atoms with Gasteiger partial charge in [0, 0.05) is 0 Å². The Bertz CT molecular complexity index is 1150. The van der Waals surface area contributed by atoms with Crippen LogP contribution in [0.1, 0.15) is 5.01 Å². The third kappa shape index (κ3) is 3.13. The predicted octanol–water partition coefficient (Wildman–Crippen LogP) is 3.59. The van der Waals surface area contributed by atoms with Crippen molar-refractivity contribution in [2.45, 2.75) is 11.8 Å². The van der Waals surface area contributed by atoms with Crippen molar-refractivity contribution < 1.29 is 8.42 Å². The summed E-state index contributed by atoms with van der Waals surface area (Å²) in [5.74, 6) is 0. The van der Waals surface area contributed by atoms with E-state index in [4.69, 9.17) is 0 Å². The molecule has 0 bridgehead atoms. The second kappa shape index (κ2) is 5.98. The lowest BCUT2D eigenvalue weighted by Crippen LogP contribution is -2.12. The fraction of sp³-hybridized carbons (Fsp3) is 0.0588. The number of aryl methyl sites for hydroxylation is 1. The molecule has 0 spiro atoms. The average molecular weight is 370 g/mol. The highest BCUT2D eigenvalue weighted by molar-refractivity contribution is 7.92. The van der Waals surface area contributed by atoms with E-state index in [1.54, 1.807) is 12.1 Å². The van der Waals surface area contributed by atoms with Gasteiger partial charge < -0.3 is 0 Å². The Labute approximate surface area is 148 Å². The van der Waals surface area contributed by atoms with Crippen LogP contribution in [0.4, 0.5) is 5.69 Å². The van der Waals surface area contributed by atoms with Gasteiger partial charge in [0.25, 0.3) is 10.0 Å². The number of nitrogens with zero attached hydrogens (tertiary/aromatic N) is 3. The van der Waals surface area contributed by atoms with Crippen molar-refractivity contribution in [3.05, 3.63) is 65.9 Å². The molecule has 0 atom stereocenters. The van der Waals surface area contributed by atoms with Gasteiger partial charge >= 0.3 is 0 Å². The molecule has 2 heterocycles. The van der Waals surface area contributed by atoms with Crippen LogP contribution in [0.15, 0.2) is 65.8 Å². The highest BCUT2D eigenvalue weighted by atomic mass is 32.2. The summed E-state index contributed by atoms with van der Waals surface area (Å²) >= 11 is 1.53. The summed E-state index contributed by atoms with van der Waals surface area (Å²) < 4.78 is 30.3. The Balaban J connectivity index is 1.63. The monoisotopic (exact) mass is 370 g/mol. The summed E-state index contributed by atoms with van der Waals surface area (Å²) in [6.45, 7) is 1.92. The molecule has 25 heavy (non-hydrogen) atoms. The van der Waals surface area contributed by atoms with Crippen molar-refractivity contribution >= 4 is 37.3 Å². The van der Waals surface area contributed by atoms with Gasteiger partial charge in [-0.05, 0) is 37.3 Å². The SMILES string of the molecule is Cc1nc2ccc(NS(=O)(=O)c3cnn(-c4ccccc4)c3)cc2s1. The van der Waals surface area contributed by atoms with Crippen molar-refractivity contribution in [2.75, 3.05) is 4.72 Å². The predicted molar refractivity (Wildman–Crippen MR) is 98.7 cm³/mol. The van der Waals surface area contributed by atoms with Gasteiger partial charge in [-0.2, -0.15) is 5.10 Å². The lowest BCUT2D eigenvalue weighted by atomic mass is 10.3. The third-order valence-electron chi connectivity index (χ3n) is 3.64. The molecule has 0 aliphatic rings. The van der Waals surface area contributed by atoms with Crippen LogP contribution in [0.25, 0.3) is 15.9 Å². The van der Waals surface area contributed by atoms with E-state index in [0.29, 0.717) is 5.69 Å². The lowest BCUT2D eigenvalue weighted by molar-refractivity contribution is 0.601. The lowest BCUT2D eigenvalue weighted by Gasteiger charge is -2.06. The van der Waals surface area contributed by atoms with Crippen LogP contribution < -0.4 is 4.72 Å². The molecule has 0 saturated heterocycles. The first-order valence-electron chi connectivity index (χ1n) is 7.51. The highest BCUT2D eigenvalue weighted by Crippen LogP contribution is 2.26. The van der Waals surface area contributed by atoms with Crippen LogP contribution in [-0.2, 0) is 10.0 Å². The summed E-state index contributed by atoms with van der Waals surface area (Å²) in [6.07, 6.45) is 2.83. The first-order valence-corrected chi connectivity index (χ1v) is 9.81. The maximum atomic E-state index is 12.6. The van der Waals surface area contributed by atoms with Crippen LogP contribution in [0.2, 0.25) is 0 Å². The minimum Gasteiger partial charge on any atom is -0.279 e. The standard InChI is InChI=1S/C17H14N4O2S2/c1-12-19-16-8-7-13(9-17(16)24-12)20-25(22,23)15-10-18-21(11-15)14-5-3-2-4-6-14/h2-11,20H,1H3. The van der Waals surface area contributed by atoms with E-state index in [1.807, 2.05) is 43.3 Å². The molecule has 4 aromatic rings. The zero-order valence-electron chi connectivity index (χ0n) is 13.2. The van der Waals surface area contributed by atoms with Crippen LogP contribution in [0.5, 0.6) is 0 Å². The van der Waals surface area contributed by atoms with Gasteiger partial charge in [0.05, 0.1) is 39.0 Å². The van der Waals surface area contributed by atoms with E-state index in [9.17, 15) is 8.42 Å². The maximum Gasteiger partial charge on any atom is 0.265 e. The van der Waals surface area contributed by atoms with Crippen molar-refractivity contribution in [3.63, 3.8) is 0 Å². The number of rotatable bonds is 4. The van der Waals surface area contributed by atoms with Crippen molar-refractivity contribution in [1.29, 1.82) is 0 Å². The number of para-hydroxylation sites is 1. The topological polar surface area (TPSA) is 76.9 Å². The fourth-order valence-electron chi connectivity index (χ4n) is 2.48. The zero-order chi connectivity index (χ0) is 17.4. The number of fused-ring (bicyclic) bond motifs is 1. The van der Waals surface area contributed by atoms with Gasteiger partial charge in [0.2, 0.25) is 0 Å². The number of nitrogens with one attached hydrogen (secondary N) is 1. The molecule has 8 heteroatoms. The summed E-state index contributed by atoms with van der Waals surface area (Å²) in [7, 11) is -3.71. The second-order valence-corrected chi connectivity index (χ2v) is 8.39. The smallest absolute Gasteiger partial charge is 0.265 e. The third-order valence-corrected chi connectivity index (χ3v) is 5.91. The van der Waals surface area contributed by atoms with Gasteiger partial charge in [0.15, 0.2) is 0 Å². The molecule has 2 aromatic heterocycles. The first kappa shape index (κ1) is 15.8. The molecule has 0 aliphatic carbocycles. The number of sulfonamides is 1. The summed E-state index contributed by atoms with van der Waals surface area (Å²) in [6, 6.07) is 14.7. The van der Waals surface area contributed by atoms with Crippen LogP contribution in [-0.4, -0.2) is 23.2 Å². The zero-order valence-corrected chi connectivity index (χ0v) is 14.9. The minimum atomic E-state index is -3.71. The highest BCUT2D eigenvalue weighted by Gasteiger charge is 2.17. The van der Waals surface area contributed by atoms with Gasteiger partial charge in [-0.1, -0.05) is 18.2 Å². The molecule has 0 saturated carbocycles. The number of hydrogen-bond donors (Lipinski definition) is 1. The largest absolute Gasteiger partial charge is 0.279 e. The minimum absolute atomic E-state index is 0.108. The molecular formula is C17H14N4O2S2. The molecule has 1 N–H and O–H groups in total. The van der Waals surface area contributed by atoms with E-state index in [0.717, 1.165) is 20.9 Å². The number of thiazole rings is 1. The summed E-state index contributed by atoms with van der Waals surface area (Å²) in [5.41, 5.74) is 2.16. The fourth-order valence-corrected chi connectivity index (χ4v) is 4.33. The molecular weight excluding hydrogens is 356 g/mol. The molecule has 126 valence electrons. The number of benzene rings is 2. The molecule has 2 aromatic carbocycles. The van der Waals surface area contributed by atoms with Gasteiger partial charge in [-0.25, -0.2) is 18.1 Å². The van der Waals surface area contributed by atoms with Gasteiger partial charge in [-0.15, -0.1) is 11.3 Å². The Morgan fingerprint density at radius 3 is 2.72 bits per heavy atom. The number of hydrogen-bond acceptors (Lipinski definition) is 5. The molecule has 6 nitrogen and oxygen atoms in total. The van der Waals surface area contributed by atoms with Gasteiger partial charge in [-0.3, -0.25) is 4.72 Å². The number of anilines is 1.